The van der Waals surface area contributed by atoms with Gasteiger partial charge in [-0.05, 0) is 37.4 Å². The van der Waals surface area contributed by atoms with Crippen LogP contribution in [0.4, 0.5) is 0 Å². The van der Waals surface area contributed by atoms with E-state index < -0.39 is 0 Å². The van der Waals surface area contributed by atoms with Gasteiger partial charge in [-0.1, -0.05) is 40.5 Å². The van der Waals surface area contributed by atoms with E-state index in [2.05, 4.69) is 45.1 Å². The van der Waals surface area contributed by atoms with Gasteiger partial charge in [0.05, 0.1) is 6.04 Å². The van der Waals surface area contributed by atoms with Crippen molar-refractivity contribution in [3.63, 3.8) is 0 Å². The van der Waals surface area contributed by atoms with E-state index in [9.17, 15) is 0 Å². The molecule has 18 heavy (non-hydrogen) atoms. The summed E-state index contributed by atoms with van der Waals surface area (Å²) >= 11 is 0. The van der Waals surface area contributed by atoms with Crippen LogP contribution in [-0.2, 0) is 6.42 Å². The van der Waals surface area contributed by atoms with Crippen LogP contribution in [0.2, 0.25) is 0 Å². The molecule has 0 spiro atoms. The maximum Gasteiger partial charge on any atom is 0.121 e. The fourth-order valence-corrected chi connectivity index (χ4v) is 2.69. The quantitative estimate of drug-likeness (QED) is 0.687. The molecule has 2 nitrogen and oxygen atoms in total. The number of rotatable bonds is 9. The van der Waals surface area contributed by atoms with Crippen molar-refractivity contribution in [2.45, 2.75) is 65.8 Å². The average Bonchev–Trinajstić information content (AvgIpc) is 2.84. The average molecular weight is 251 g/mol. The summed E-state index contributed by atoms with van der Waals surface area (Å²) in [6.07, 6.45) is 6.01. The van der Waals surface area contributed by atoms with E-state index in [0.29, 0.717) is 12.0 Å². The molecule has 0 saturated carbocycles. The lowest BCUT2D eigenvalue weighted by Crippen LogP contribution is -2.28. The molecule has 1 unspecified atom stereocenters. The van der Waals surface area contributed by atoms with E-state index in [0.717, 1.165) is 24.5 Å². The van der Waals surface area contributed by atoms with Crippen molar-refractivity contribution in [1.82, 2.24) is 5.32 Å². The predicted octanol–water partition coefficient (Wildman–Crippen LogP) is 4.71. The summed E-state index contributed by atoms with van der Waals surface area (Å²) in [5.74, 6) is 2.91. The Morgan fingerprint density at radius 3 is 2.17 bits per heavy atom. The van der Waals surface area contributed by atoms with Crippen LogP contribution in [0.5, 0.6) is 0 Å². The number of aryl methyl sites for hydroxylation is 1. The maximum atomic E-state index is 5.96. The van der Waals surface area contributed by atoms with Gasteiger partial charge in [-0.2, -0.15) is 0 Å². The third-order valence-electron chi connectivity index (χ3n) is 3.55. The largest absolute Gasteiger partial charge is 0.464 e. The normalized spacial score (nSPS) is 13.2. The molecule has 1 rings (SSSR count). The molecular formula is C16H29NO. The molecule has 0 bridgehead atoms. The van der Waals surface area contributed by atoms with Crippen LogP contribution < -0.4 is 5.32 Å². The molecule has 1 atom stereocenters. The second-order valence-corrected chi connectivity index (χ2v) is 5.03. The van der Waals surface area contributed by atoms with Crippen molar-refractivity contribution in [2.24, 2.45) is 5.92 Å². The van der Waals surface area contributed by atoms with Crippen LogP contribution in [0, 0.1) is 5.92 Å². The van der Waals surface area contributed by atoms with Crippen molar-refractivity contribution in [3.8, 4) is 0 Å². The third-order valence-corrected chi connectivity index (χ3v) is 3.55. The van der Waals surface area contributed by atoms with Gasteiger partial charge in [0.1, 0.15) is 11.5 Å². The summed E-state index contributed by atoms with van der Waals surface area (Å²) in [6, 6.07) is 4.66. The summed E-state index contributed by atoms with van der Waals surface area (Å²) < 4.78 is 5.96. The molecule has 0 aliphatic carbocycles. The molecule has 1 N–H and O–H groups in total. The molecule has 0 radical (unpaired) electrons. The predicted molar refractivity (Wildman–Crippen MR) is 77.8 cm³/mol. The Hall–Kier alpha value is -0.760. The minimum Gasteiger partial charge on any atom is -0.464 e. The molecule has 0 saturated heterocycles. The molecular weight excluding hydrogens is 222 g/mol. The van der Waals surface area contributed by atoms with Crippen LogP contribution in [0.3, 0.4) is 0 Å². The molecule has 0 aromatic carbocycles. The van der Waals surface area contributed by atoms with E-state index >= 15 is 0 Å². The summed E-state index contributed by atoms with van der Waals surface area (Å²) in [7, 11) is 0. The molecule has 0 aliphatic heterocycles. The highest BCUT2D eigenvalue weighted by atomic mass is 16.3. The van der Waals surface area contributed by atoms with Crippen LogP contribution in [0.15, 0.2) is 16.5 Å². The lowest BCUT2D eigenvalue weighted by Gasteiger charge is -2.26. The van der Waals surface area contributed by atoms with Crippen molar-refractivity contribution < 1.29 is 4.42 Å². The van der Waals surface area contributed by atoms with E-state index in [1.54, 1.807) is 0 Å². The monoisotopic (exact) mass is 251 g/mol. The summed E-state index contributed by atoms with van der Waals surface area (Å²) in [6.45, 7) is 9.85. The van der Waals surface area contributed by atoms with Crippen molar-refractivity contribution in [1.29, 1.82) is 0 Å². The Labute approximate surface area is 112 Å². The van der Waals surface area contributed by atoms with Crippen LogP contribution in [0.25, 0.3) is 0 Å². The smallest absolute Gasteiger partial charge is 0.121 e. The zero-order valence-electron chi connectivity index (χ0n) is 12.5. The van der Waals surface area contributed by atoms with Gasteiger partial charge in [0, 0.05) is 6.42 Å². The zero-order valence-corrected chi connectivity index (χ0v) is 12.5. The SMILES string of the molecule is CCCC(CCC)C(NCC)c1ccc(CC)o1. The molecule has 1 aromatic heterocycles. The summed E-state index contributed by atoms with van der Waals surface area (Å²) in [5, 5.41) is 3.61. The van der Waals surface area contributed by atoms with Gasteiger partial charge in [0.25, 0.3) is 0 Å². The van der Waals surface area contributed by atoms with Gasteiger partial charge < -0.3 is 9.73 Å². The minimum absolute atomic E-state index is 0.384. The first-order valence-electron chi connectivity index (χ1n) is 7.58. The lowest BCUT2D eigenvalue weighted by molar-refractivity contribution is 0.276. The van der Waals surface area contributed by atoms with Gasteiger partial charge in [0.2, 0.25) is 0 Å². The van der Waals surface area contributed by atoms with Crippen LogP contribution >= 0.6 is 0 Å². The first-order chi connectivity index (χ1) is 8.76. The fourth-order valence-electron chi connectivity index (χ4n) is 2.69. The van der Waals surface area contributed by atoms with Gasteiger partial charge in [-0.25, -0.2) is 0 Å². The zero-order chi connectivity index (χ0) is 13.4. The molecule has 104 valence electrons. The summed E-state index contributed by atoms with van der Waals surface area (Å²) in [4.78, 5) is 0. The molecule has 2 heteroatoms. The van der Waals surface area contributed by atoms with Gasteiger partial charge >= 0.3 is 0 Å². The summed E-state index contributed by atoms with van der Waals surface area (Å²) in [5.41, 5.74) is 0. The van der Waals surface area contributed by atoms with E-state index in [1.165, 1.54) is 25.7 Å². The van der Waals surface area contributed by atoms with E-state index in [1.807, 2.05) is 0 Å². The first-order valence-corrected chi connectivity index (χ1v) is 7.58. The fraction of sp³-hybridized carbons (Fsp3) is 0.750. The Morgan fingerprint density at radius 1 is 1.06 bits per heavy atom. The van der Waals surface area contributed by atoms with Crippen molar-refractivity contribution in [2.75, 3.05) is 6.54 Å². The van der Waals surface area contributed by atoms with Crippen molar-refractivity contribution >= 4 is 0 Å². The molecule has 0 amide bonds. The molecule has 0 aliphatic rings. The van der Waals surface area contributed by atoms with E-state index in [-0.39, 0.29) is 0 Å². The molecule has 1 heterocycles. The minimum atomic E-state index is 0.384. The highest BCUT2D eigenvalue weighted by Gasteiger charge is 2.23. The van der Waals surface area contributed by atoms with E-state index in [4.69, 9.17) is 4.42 Å². The Balaban J connectivity index is 2.83. The number of hydrogen-bond acceptors (Lipinski definition) is 2. The standard InChI is InChI=1S/C16H29NO/c1-5-9-13(10-6-2)16(17-8-4)15-12-11-14(7-3)18-15/h11-13,16-17H,5-10H2,1-4H3. The second kappa shape index (κ2) is 8.36. The molecule has 1 aromatic rings. The first kappa shape index (κ1) is 15.3. The number of furan rings is 1. The lowest BCUT2D eigenvalue weighted by atomic mass is 9.89. The topological polar surface area (TPSA) is 25.2 Å². The van der Waals surface area contributed by atoms with Crippen molar-refractivity contribution in [3.05, 3.63) is 23.7 Å². The number of nitrogens with one attached hydrogen (secondary N) is 1. The Kier molecular flexibility index (Phi) is 7.11. The highest BCUT2D eigenvalue weighted by Crippen LogP contribution is 2.30. The Morgan fingerprint density at radius 2 is 1.72 bits per heavy atom. The van der Waals surface area contributed by atoms with Gasteiger partial charge in [0.15, 0.2) is 0 Å². The second-order valence-electron chi connectivity index (χ2n) is 5.03. The van der Waals surface area contributed by atoms with Gasteiger partial charge in [-0.15, -0.1) is 0 Å². The third kappa shape index (κ3) is 4.16. The Bertz CT molecular complexity index is 313. The molecule has 0 fully saturated rings. The number of hydrogen-bond donors (Lipinski definition) is 1. The van der Waals surface area contributed by atoms with Gasteiger partial charge in [-0.3, -0.25) is 0 Å². The maximum absolute atomic E-state index is 5.96. The van der Waals surface area contributed by atoms with Crippen LogP contribution in [-0.4, -0.2) is 6.54 Å². The highest BCUT2D eigenvalue weighted by molar-refractivity contribution is 5.12. The van der Waals surface area contributed by atoms with Crippen LogP contribution in [0.1, 0.15) is 70.9 Å².